The summed E-state index contributed by atoms with van der Waals surface area (Å²) in [6, 6.07) is 12.0. The molecule has 7 nitrogen and oxygen atoms in total. The second kappa shape index (κ2) is 9.49. The van der Waals surface area contributed by atoms with Crippen molar-refractivity contribution in [2.75, 3.05) is 35.1 Å². The molecule has 2 aromatic carbocycles. The van der Waals surface area contributed by atoms with E-state index in [0.29, 0.717) is 41.1 Å². The van der Waals surface area contributed by atoms with Crippen LogP contribution >= 0.6 is 0 Å². The summed E-state index contributed by atoms with van der Waals surface area (Å²) in [6.45, 7) is 1.64. The summed E-state index contributed by atoms with van der Waals surface area (Å²) in [4.78, 5) is 15.1. The van der Waals surface area contributed by atoms with Crippen molar-refractivity contribution < 1.29 is 17.9 Å². The van der Waals surface area contributed by atoms with Crippen LogP contribution in [-0.4, -0.2) is 34.5 Å². The molecule has 3 atom stereocenters. The highest BCUT2D eigenvalue weighted by Crippen LogP contribution is 2.49. The number of fused-ring (bicyclic) bond motifs is 2. The van der Waals surface area contributed by atoms with Gasteiger partial charge in [0.15, 0.2) is 0 Å². The van der Waals surface area contributed by atoms with Crippen LogP contribution in [-0.2, 0) is 14.8 Å². The Morgan fingerprint density at radius 2 is 1.76 bits per heavy atom. The van der Waals surface area contributed by atoms with Crippen molar-refractivity contribution in [3.05, 3.63) is 42.5 Å². The number of amides is 1. The molecule has 8 heteroatoms. The molecular weight excluding hydrogens is 450 g/mol. The van der Waals surface area contributed by atoms with Crippen molar-refractivity contribution in [3.8, 4) is 5.75 Å². The Balaban J connectivity index is 1.37. The maximum atomic E-state index is 13.5. The van der Waals surface area contributed by atoms with Crippen LogP contribution in [0.5, 0.6) is 5.75 Å². The third-order valence-electron chi connectivity index (χ3n) is 7.65. The molecule has 1 saturated heterocycles. The second-order valence-electron chi connectivity index (χ2n) is 9.90. The van der Waals surface area contributed by atoms with E-state index in [9.17, 15) is 13.2 Å². The normalized spacial score (nSPS) is 23.8. The summed E-state index contributed by atoms with van der Waals surface area (Å²) in [5.74, 6) is 2.56. The first-order valence-corrected chi connectivity index (χ1v) is 13.8. The summed E-state index contributed by atoms with van der Waals surface area (Å²) in [6.07, 6.45) is 7.55. The standard InChI is InChI=1S/C26H33N3O4S/c1-33-23-9-6-21(7-10-23)28-34(31,32)25-17-22(8-11-24(25)29-12-2-3-13-29)27-26(30)16-20-15-18-4-5-19(20)14-18/h6-11,17-20,28H,2-5,12-16H2,1H3,(H,27,30). The molecular formula is C26H33N3O4S. The number of ether oxygens (including phenoxy) is 1. The van der Waals surface area contributed by atoms with Crippen LogP contribution in [0.2, 0.25) is 0 Å². The zero-order valence-corrected chi connectivity index (χ0v) is 20.4. The molecule has 3 unspecified atom stereocenters. The molecule has 3 fully saturated rings. The summed E-state index contributed by atoms with van der Waals surface area (Å²) in [5.41, 5.74) is 1.65. The molecule has 2 aliphatic carbocycles. The van der Waals surface area contributed by atoms with E-state index in [-0.39, 0.29) is 10.8 Å². The molecule has 2 N–H and O–H groups in total. The number of carbonyl (C=O) groups is 1. The highest BCUT2D eigenvalue weighted by molar-refractivity contribution is 7.92. The number of hydrogen-bond acceptors (Lipinski definition) is 5. The van der Waals surface area contributed by atoms with Crippen LogP contribution in [0.15, 0.2) is 47.4 Å². The number of methoxy groups -OCH3 is 1. The van der Waals surface area contributed by atoms with Gasteiger partial charge in [-0.3, -0.25) is 9.52 Å². The molecule has 0 spiro atoms. The van der Waals surface area contributed by atoms with Gasteiger partial charge in [0.25, 0.3) is 10.0 Å². The Kier molecular flexibility index (Phi) is 6.42. The van der Waals surface area contributed by atoms with Crippen LogP contribution in [0.25, 0.3) is 0 Å². The predicted octanol–water partition coefficient (Wildman–Crippen LogP) is 4.86. The van der Waals surface area contributed by atoms with E-state index in [1.165, 1.54) is 19.3 Å². The lowest BCUT2D eigenvalue weighted by Crippen LogP contribution is -2.24. The number of benzene rings is 2. The Labute approximate surface area is 201 Å². The molecule has 34 heavy (non-hydrogen) atoms. The smallest absolute Gasteiger partial charge is 0.264 e. The molecule has 1 aliphatic heterocycles. The third kappa shape index (κ3) is 4.87. The zero-order valence-electron chi connectivity index (χ0n) is 19.6. The summed E-state index contributed by atoms with van der Waals surface area (Å²) in [5, 5.41) is 2.97. The van der Waals surface area contributed by atoms with Crippen molar-refractivity contribution in [2.24, 2.45) is 17.8 Å². The van der Waals surface area contributed by atoms with Crippen LogP contribution in [0.1, 0.15) is 44.9 Å². The van der Waals surface area contributed by atoms with Gasteiger partial charge < -0.3 is 15.0 Å². The average Bonchev–Trinajstić information content (AvgIpc) is 3.58. The second-order valence-corrected chi connectivity index (χ2v) is 11.5. The van der Waals surface area contributed by atoms with Gasteiger partial charge in [0.05, 0.1) is 12.8 Å². The lowest BCUT2D eigenvalue weighted by atomic mass is 9.86. The molecule has 2 bridgehead atoms. The monoisotopic (exact) mass is 483 g/mol. The first-order chi connectivity index (χ1) is 16.4. The van der Waals surface area contributed by atoms with E-state index in [1.54, 1.807) is 37.4 Å². The van der Waals surface area contributed by atoms with Gasteiger partial charge in [0.2, 0.25) is 5.91 Å². The van der Waals surface area contributed by atoms with E-state index in [1.807, 2.05) is 12.1 Å². The Hall–Kier alpha value is -2.74. The van der Waals surface area contributed by atoms with Crippen LogP contribution in [0.3, 0.4) is 0 Å². The predicted molar refractivity (Wildman–Crippen MR) is 134 cm³/mol. The summed E-state index contributed by atoms with van der Waals surface area (Å²) >= 11 is 0. The molecule has 1 amide bonds. The minimum atomic E-state index is -3.87. The number of anilines is 3. The topological polar surface area (TPSA) is 87.7 Å². The summed E-state index contributed by atoms with van der Waals surface area (Å²) < 4.78 is 34.8. The fourth-order valence-electron chi connectivity index (χ4n) is 5.97. The molecule has 5 rings (SSSR count). The van der Waals surface area contributed by atoms with Gasteiger partial charge in [0.1, 0.15) is 10.6 Å². The van der Waals surface area contributed by atoms with Gasteiger partial charge in [-0.2, -0.15) is 0 Å². The van der Waals surface area contributed by atoms with E-state index >= 15 is 0 Å². The average molecular weight is 484 g/mol. The van der Waals surface area contributed by atoms with E-state index in [4.69, 9.17) is 4.74 Å². The van der Waals surface area contributed by atoms with Gasteiger partial charge in [-0.1, -0.05) is 6.42 Å². The molecule has 3 aliphatic rings. The number of nitrogens with one attached hydrogen (secondary N) is 2. The van der Waals surface area contributed by atoms with E-state index in [2.05, 4.69) is 14.9 Å². The Bertz CT molecular complexity index is 1140. The van der Waals surface area contributed by atoms with Crippen LogP contribution < -0.4 is 19.7 Å². The maximum Gasteiger partial charge on any atom is 0.264 e. The fourth-order valence-corrected chi connectivity index (χ4v) is 7.28. The SMILES string of the molecule is COc1ccc(NS(=O)(=O)c2cc(NC(=O)CC3CC4CCC3C4)ccc2N2CCCC2)cc1. The molecule has 0 aromatic heterocycles. The van der Waals surface area contributed by atoms with Crippen molar-refractivity contribution in [1.82, 2.24) is 0 Å². The third-order valence-corrected chi connectivity index (χ3v) is 9.06. The Morgan fingerprint density at radius 1 is 1.03 bits per heavy atom. The van der Waals surface area contributed by atoms with Gasteiger partial charge in [-0.15, -0.1) is 0 Å². The molecule has 2 aromatic rings. The van der Waals surface area contributed by atoms with Gasteiger partial charge >= 0.3 is 0 Å². The first kappa shape index (κ1) is 23.0. The molecule has 2 saturated carbocycles. The minimum absolute atomic E-state index is 0.0297. The van der Waals surface area contributed by atoms with Gasteiger partial charge in [0, 0.05) is 30.9 Å². The first-order valence-electron chi connectivity index (χ1n) is 12.3. The highest BCUT2D eigenvalue weighted by Gasteiger charge is 2.40. The van der Waals surface area contributed by atoms with Crippen LogP contribution in [0, 0.1) is 17.8 Å². The zero-order chi connectivity index (χ0) is 23.7. The van der Waals surface area contributed by atoms with Crippen molar-refractivity contribution in [1.29, 1.82) is 0 Å². The van der Waals surface area contributed by atoms with E-state index in [0.717, 1.165) is 38.3 Å². The van der Waals surface area contributed by atoms with Crippen molar-refractivity contribution >= 4 is 33.0 Å². The lowest BCUT2D eigenvalue weighted by Gasteiger charge is -2.23. The molecule has 0 radical (unpaired) electrons. The fraction of sp³-hybridized carbons (Fsp3) is 0.500. The van der Waals surface area contributed by atoms with Gasteiger partial charge in [-0.25, -0.2) is 8.42 Å². The van der Waals surface area contributed by atoms with Crippen molar-refractivity contribution in [3.63, 3.8) is 0 Å². The van der Waals surface area contributed by atoms with Crippen molar-refractivity contribution in [2.45, 2.75) is 49.8 Å². The summed E-state index contributed by atoms with van der Waals surface area (Å²) in [7, 11) is -2.30. The van der Waals surface area contributed by atoms with Gasteiger partial charge in [-0.05, 0) is 92.3 Å². The van der Waals surface area contributed by atoms with E-state index < -0.39 is 10.0 Å². The van der Waals surface area contributed by atoms with Crippen LogP contribution in [0.4, 0.5) is 17.1 Å². The minimum Gasteiger partial charge on any atom is -0.497 e. The highest BCUT2D eigenvalue weighted by atomic mass is 32.2. The number of rotatable bonds is 8. The molecule has 182 valence electrons. The quantitative estimate of drug-likeness (QED) is 0.560. The number of hydrogen-bond donors (Lipinski definition) is 2. The number of carbonyl (C=O) groups excluding carboxylic acids is 1. The maximum absolute atomic E-state index is 13.5. The number of nitrogens with zero attached hydrogens (tertiary/aromatic N) is 1. The number of sulfonamides is 1. The molecule has 1 heterocycles. The Morgan fingerprint density at radius 3 is 2.41 bits per heavy atom. The lowest BCUT2D eigenvalue weighted by molar-refractivity contribution is -0.117. The largest absolute Gasteiger partial charge is 0.497 e.